The Hall–Kier alpha value is -1.36. The number of aliphatic hydroxyl groups excluding tert-OH is 1. The van der Waals surface area contributed by atoms with Gasteiger partial charge in [0, 0.05) is 0 Å². The van der Waals surface area contributed by atoms with E-state index in [1.165, 1.54) is 20.8 Å². The number of carbonyl (C=O) groups is 2. The van der Waals surface area contributed by atoms with Crippen molar-refractivity contribution in [1.82, 2.24) is 0 Å². The van der Waals surface area contributed by atoms with E-state index >= 15 is 0 Å². The fourth-order valence-corrected chi connectivity index (χ4v) is 2.07. The van der Waals surface area contributed by atoms with E-state index in [0.717, 1.165) is 6.92 Å². The van der Waals surface area contributed by atoms with Crippen molar-refractivity contribution in [2.45, 2.75) is 44.9 Å². The zero-order valence-electron chi connectivity index (χ0n) is 13.8. The molecule has 148 valence electrons. The van der Waals surface area contributed by atoms with Gasteiger partial charge in [0.2, 0.25) is 11.5 Å². The van der Waals surface area contributed by atoms with E-state index in [4.69, 9.17) is 10.5 Å². The molecular formula is C10H20N2O11S2. The quantitative estimate of drug-likeness (QED) is 0.163. The third-order valence-electron chi connectivity index (χ3n) is 2.29. The first-order valence-electron chi connectivity index (χ1n) is 6.41. The van der Waals surface area contributed by atoms with Gasteiger partial charge in [0.1, 0.15) is 5.60 Å². The fraction of sp³-hybridized carbons (Fsp3) is 0.800. The first-order valence-corrected chi connectivity index (χ1v) is 9.46. The van der Waals surface area contributed by atoms with Crippen LogP contribution in [0.1, 0.15) is 27.7 Å². The van der Waals surface area contributed by atoms with Crippen molar-refractivity contribution < 1.29 is 49.7 Å². The molecule has 2 unspecified atom stereocenters. The molecule has 0 aliphatic rings. The first kappa shape index (κ1) is 23.6. The first-order chi connectivity index (χ1) is 10.9. The van der Waals surface area contributed by atoms with Crippen LogP contribution in [0.25, 0.3) is 0 Å². The number of aliphatic hydroxyl groups is 1. The van der Waals surface area contributed by atoms with Gasteiger partial charge in [-0.15, -0.1) is 0 Å². The smallest absolute Gasteiger partial charge is 0.360 e. The monoisotopic (exact) mass is 408 g/mol. The summed E-state index contributed by atoms with van der Waals surface area (Å²) in [6.07, 6.45) is -1.82. The van der Waals surface area contributed by atoms with Crippen molar-refractivity contribution >= 4 is 32.4 Å². The summed E-state index contributed by atoms with van der Waals surface area (Å²) in [5.74, 6) is -4.63. The summed E-state index contributed by atoms with van der Waals surface area (Å²) in [5.41, 5.74) is 1.71. The largest absolute Gasteiger partial charge is 0.458 e. The minimum atomic E-state index is -4.87. The number of hydrogen-bond donors (Lipinski definition) is 3. The van der Waals surface area contributed by atoms with E-state index in [9.17, 15) is 31.5 Å². The van der Waals surface area contributed by atoms with Crippen LogP contribution >= 0.6 is 0 Å². The zero-order valence-corrected chi connectivity index (χ0v) is 15.4. The van der Waals surface area contributed by atoms with Crippen LogP contribution in [0, 0.1) is 0 Å². The number of esters is 2. The van der Waals surface area contributed by atoms with Gasteiger partial charge in [-0.05, 0) is 27.7 Å². The number of rotatable bonds is 8. The highest BCUT2D eigenvalue weighted by Crippen LogP contribution is 2.18. The topological polar surface area (TPSA) is 212 Å². The molecular weight excluding hydrogens is 388 g/mol. The van der Waals surface area contributed by atoms with Gasteiger partial charge in [-0.2, -0.15) is 16.8 Å². The maximum atomic E-state index is 12.0. The van der Waals surface area contributed by atoms with Crippen molar-refractivity contribution in [3.63, 3.8) is 0 Å². The molecule has 0 aromatic rings. The van der Waals surface area contributed by atoms with Crippen LogP contribution in [0.15, 0.2) is 0 Å². The fourth-order valence-electron chi connectivity index (χ4n) is 1.13. The third-order valence-corrected chi connectivity index (χ3v) is 3.32. The maximum absolute atomic E-state index is 12.0. The molecule has 0 aliphatic carbocycles. The molecule has 0 radical (unpaired) electrons. The molecule has 0 saturated carbocycles. The molecule has 0 saturated heterocycles. The zero-order chi connectivity index (χ0) is 20.3. The van der Waals surface area contributed by atoms with E-state index in [2.05, 4.69) is 18.5 Å². The summed E-state index contributed by atoms with van der Waals surface area (Å²) in [5, 5.41) is 14.0. The number of nitrogens with two attached hydrogens (primary N) is 2. The van der Waals surface area contributed by atoms with Crippen LogP contribution in [0.2, 0.25) is 0 Å². The van der Waals surface area contributed by atoms with Crippen molar-refractivity contribution in [3.8, 4) is 0 Å². The Kier molecular flexibility index (Phi) is 7.47. The lowest BCUT2D eigenvalue weighted by molar-refractivity contribution is -0.176. The molecule has 0 spiro atoms. The average Bonchev–Trinajstić information content (AvgIpc) is 2.39. The summed E-state index contributed by atoms with van der Waals surface area (Å²) in [4.78, 5) is 24.0. The Morgan fingerprint density at radius 2 is 1.56 bits per heavy atom. The van der Waals surface area contributed by atoms with Crippen molar-refractivity contribution in [3.05, 3.63) is 0 Å². The predicted molar refractivity (Wildman–Crippen MR) is 79.6 cm³/mol. The minimum absolute atomic E-state index is 0.973. The summed E-state index contributed by atoms with van der Waals surface area (Å²) in [7, 11) is -9.62. The van der Waals surface area contributed by atoms with Gasteiger partial charge < -0.3 is 20.3 Å². The summed E-state index contributed by atoms with van der Waals surface area (Å²) in [6, 6.07) is 0. The lowest BCUT2D eigenvalue weighted by Gasteiger charge is -2.31. The van der Waals surface area contributed by atoms with Gasteiger partial charge in [0.25, 0.3) is 0 Å². The molecule has 25 heavy (non-hydrogen) atoms. The van der Waals surface area contributed by atoms with Gasteiger partial charge in [-0.1, -0.05) is 8.67 Å². The Morgan fingerprint density at radius 1 is 1.08 bits per heavy atom. The Balaban J connectivity index is 5.17. The summed E-state index contributed by atoms with van der Waals surface area (Å²) < 4.78 is 59.5. The van der Waals surface area contributed by atoms with Crippen molar-refractivity contribution in [2.75, 3.05) is 5.94 Å². The van der Waals surface area contributed by atoms with E-state index in [1.807, 2.05) is 0 Å². The number of ether oxygens (including phenoxy) is 2. The molecule has 13 nitrogen and oxygen atoms in total. The minimum Gasteiger partial charge on any atom is -0.458 e. The Labute approximate surface area is 144 Å². The molecule has 5 N–H and O–H groups in total. The maximum Gasteiger partial charge on any atom is 0.360 e. The highest BCUT2D eigenvalue weighted by Gasteiger charge is 2.51. The van der Waals surface area contributed by atoms with Gasteiger partial charge >= 0.3 is 32.4 Å². The second-order valence-electron chi connectivity index (χ2n) is 5.78. The van der Waals surface area contributed by atoms with Crippen LogP contribution in [-0.4, -0.2) is 57.1 Å². The molecule has 0 rings (SSSR count). The molecule has 0 aromatic carbocycles. The highest BCUT2D eigenvalue weighted by molar-refractivity contribution is 7.87. The summed E-state index contributed by atoms with van der Waals surface area (Å²) >= 11 is 0. The lowest BCUT2D eigenvalue weighted by Crippen LogP contribution is -2.64. The van der Waals surface area contributed by atoms with Crippen LogP contribution in [0.3, 0.4) is 0 Å². The molecule has 0 fully saturated rings. The SMILES string of the molecule is CC(O)C(N)(C(=O)OCS(=O)(=O)OOS(N)(=O)=O)C(=O)OC(C)(C)C. The number of carbonyl (C=O) groups excluding carboxylic acids is 2. The van der Waals surface area contributed by atoms with Crippen molar-refractivity contribution in [1.29, 1.82) is 0 Å². The van der Waals surface area contributed by atoms with E-state index in [-0.39, 0.29) is 0 Å². The van der Waals surface area contributed by atoms with Gasteiger partial charge in [0.05, 0.1) is 6.10 Å². The summed E-state index contributed by atoms with van der Waals surface area (Å²) in [6.45, 7) is 5.35. The molecule has 0 heterocycles. The van der Waals surface area contributed by atoms with Crippen LogP contribution in [-0.2, 0) is 48.2 Å². The molecule has 0 aromatic heterocycles. The third kappa shape index (κ3) is 8.04. The predicted octanol–water partition coefficient (Wildman–Crippen LogP) is -2.61. The van der Waals surface area contributed by atoms with E-state index in [1.54, 1.807) is 0 Å². The molecule has 0 bridgehead atoms. The highest BCUT2D eigenvalue weighted by atomic mass is 32.2. The Bertz CT molecular complexity index is 708. The van der Waals surface area contributed by atoms with Crippen LogP contribution < -0.4 is 10.9 Å². The number of hydrogen-bond acceptors (Lipinski definition) is 12. The van der Waals surface area contributed by atoms with Gasteiger partial charge in [-0.3, -0.25) is 0 Å². The standard InChI is InChI=1S/C10H20N2O11S2/c1-6(13)10(11,8(15)21-9(2,3)4)7(14)20-5-24(16,17)22-23-25(12,18)19/h6,13H,5,11H2,1-4H3,(H2,12,18,19). The van der Waals surface area contributed by atoms with Gasteiger partial charge in [-0.25, -0.2) is 14.7 Å². The molecule has 15 heteroatoms. The average molecular weight is 408 g/mol. The van der Waals surface area contributed by atoms with Gasteiger partial charge in [0.15, 0.2) is 0 Å². The second kappa shape index (κ2) is 7.90. The van der Waals surface area contributed by atoms with Crippen LogP contribution in [0.5, 0.6) is 0 Å². The molecule has 0 amide bonds. The second-order valence-corrected chi connectivity index (χ2v) is 8.39. The Morgan fingerprint density at radius 3 is 1.92 bits per heavy atom. The van der Waals surface area contributed by atoms with Crippen LogP contribution in [0.4, 0.5) is 0 Å². The molecule has 2 atom stereocenters. The molecule has 0 aliphatic heterocycles. The van der Waals surface area contributed by atoms with Crippen molar-refractivity contribution in [2.24, 2.45) is 10.9 Å². The van der Waals surface area contributed by atoms with E-state index < -0.39 is 55.5 Å². The van der Waals surface area contributed by atoms with E-state index in [0.29, 0.717) is 0 Å². The lowest BCUT2D eigenvalue weighted by atomic mass is 9.94. The normalized spacial score (nSPS) is 16.6.